The fraction of sp³-hybridized carbons (Fsp3) is 0.533. The van der Waals surface area contributed by atoms with Crippen LogP contribution in [-0.2, 0) is 4.79 Å². The summed E-state index contributed by atoms with van der Waals surface area (Å²) in [5, 5.41) is 22.1. The molecule has 4 nitrogen and oxygen atoms in total. The molecular weight excluding hydrogens is 242 g/mol. The zero-order valence-corrected chi connectivity index (χ0v) is 12.0. The molecule has 0 saturated carbocycles. The molecule has 4 heteroatoms. The Balaban J connectivity index is 2.84. The summed E-state index contributed by atoms with van der Waals surface area (Å²) in [6, 6.07) is 4.53. The number of hydrogen-bond acceptors (Lipinski definition) is 3. The lowest BCUT2D eigenvalue weighted by Gasteiger charge is -2.22. The van der Waals surface area contributed by atoms with E-state index in [2.05, 4.69) is 5.32 Å². The summed E-state index contributed by atoms with van der Waals surface area (Å²) in [4.78, 5) is 11.2. The molecule has 0 bridgehead atoms. The van der Waals surface area contributed by atoms with E-state index < -0.39 is 12.0 Å². The molecule has 0 aliphatic heterocycles. The number of nitrogens with one attached hydrogen (secondary N) is 1. The number of phenols is 1. The van der Waals surface area contributed by atoms with Gasteiger partial charge in [-0.25, -0.2) is 0 Å². The first-order chi connectivity index (χ1) is 8.81. The van der Waals surface area contributed by atoms with Crippen molar-refractivity contribution in [3.63, 3.8) is 0 Å². The molecule has 2 atom stereocenters. The Hall–Kier alpha value is -1.55. The van der Waals surface area contributed by atoms with Crippen LogP contribution < -0.4 is 5.32 Å². The Morgan fingerprint density at radius 2 is 1.95 bits per heavy atom. The van der Waals surface area contributed by atoms with E-state index >= 15 is 0 Å². The molecule has 0 radical (unpaired) electrons. The van der Waals surface area contributed by atoms with Gasteiger partial charge in [-0.1, -0.05) is 31.5 Å². The van der Waals surface area contributed by atoms with Crippen molar-refractivity contribution >= 4 is 5.97 Å². The van der Waals surface area contributed by atoms with Gasteiger partial charge in [0.25, 0.3) is 0 Å². The van der Waals surface area contributed by atoms with Crippen molar-refractivity contribution in [1.29, 1.82) is 0 Å². The van der Waals surface area contributed by atoms with Crippen LogP contribution in [0.3, 0.4) is 0 Å². The highest BCUT2D eigenvalue weighted by Gasteiger charge is 2.22. The smallest absolute Gasteiger partial charge is 0.320 e. The van der Waals surface area contributed by atoms with Crippen molar-refractivity contribution in [1.82, 2.24) is 5.32 Å². The number of benzene rings is 1. The van der Waals surface area contributed by atoms with Gasteiger partial charge < -0.3 is 10.2 Å². The molecule has 2 unspecified atom stereocenters. The summed E-state index contributed by atoms with van der Waals surface area (Å²) in [6.07, 6.45) is 0.562. The summed E-state index contributed by atoms with van der Waals surface area (Å²) in [5.74, 6) is -0.362. The standard InChI is InChI=1S/C15H23NO3/c1-9(2)7-13(15(18)19)16-11(4)12-8-10(3)5-6-14(12)17/h5-6,8-9,11,13,16-17H,7H2,1-4H3,(H,18,19). The molecule has 106 valence electrons. The van der Waals surface area contributed by atoms with Crippen LogP contribution in [0.5, 0.6) is 5.75 Å². The average molecular weight is 265 g/mol. The Morgan fingerprint density at radius 3 is 2.47 bits per heavy atom. The molecule has 0 aliphatic rings. The lowest BCUT2D eigenvalue weighted by Crippen LogP contribution is -2.39. The van der Waals surface area contributed by atoms with Gasteiger partial charge >= 0.3 is 5.97 Å². The van der Waals surface area contributed by atoms with E-state index in [-0.39, 0.29) is 11.8 Å². The van der Waals surface area contributed by atoms with E-state index in [0.29, 0.717) is 12.3 Å². The molecule has 1 aromatic rings. The highest BCUT2D eigenvalue weighted by molar-refractivity contribution is 5.73. The van der Waals surface area contributed by atoms with Crippen LogP contribution in [0, 0.1) is 12.8 Å². The minimum Gasteiger partial charge on any atom is -0.508 e. The number of rotatable bonds is 6. The van der Waals surface area contributed by atoms with Gasteiger partial charge in [0.1, 0.15) is 11.8 Å². The van der Waals surface area contributed by atoms with Gasteiger partial charge in [0.15, 0.2) is 0 Å². The van der Waals surface area contributed by atoms with Crippen molar-refractivity contribution in [3.05, 3.63) is 29.3 Å². The predicted molar refractivity (Wildman–Crippen MR) is 75.3 cm³/mol. The fourth-order valence-electron chi connectivity index (χ4n) is 2.12. The van der Waals surface area contributed by atoms with E-state index in [1.807, 2.05) is 39.8 Å². The van der Waals surface area contributed by atoms with Gasteiger partial charge in [0.05, 0.1) is 0 Å². The monoisotopic (exact) mass is 265 g/mol. The highest BCUT2D eigenvalue weighted by atomic mass is 16.4. The second kappa shape index (κ2) is 6.57. The zero-order valence-electron chi connectivity index (χ0n) is 12.0. The van der Waals surface area contributed by atoms with E-state index in [0.717, 1.165) is 11.1 Å². The number of hydrogen-bond donors (Lipinski definition) is 3. The number of aromatic hydroxyl groups is 1. The maximum Gasteiger partial charge on any atom is 0.320 e. The van der Waals surface area contributed by atoms with Crippen LogP contribution in [0.4, 0.5) is 0 Å². The van der Waals surface area contributed by atoms with E-state index in [1.165, 1.54) is 0 Å². The Kier molecular flexibility index (Phi) is 5.36. The van der Waals surface area contributed by atoms with Gasteiger partial charge in [-0.05, 0) is 32.3 Å². The summed E-state index contributed by atoms with van der Waals surface area (Å²) in [5.41, 5.74) is 1.77. The van der Waals surface area contributed by atoms with Crippen molar-refractivity contribution in [2.45, 2.75) is 46.2 Å². The minimum atomic E-state index is -0.854. The molecule has 3 N–H and O–H groups in total. The first kappa shape index (κ1) is 15.5. The lowest BCUT2D eigenvalue weighted by molar-refractivity contribution is -0.140. The number of carboxylic acid groups (broad SMARTS) is 1. The third-order valence-electron chi connectivity index (χ3n) is 3.11. The SMILES string of the molecule is Cc1ccc(O)c(C(C)NC(CC(C)C)C(=O)O)c1. The maximum atomic E-state index is 11.2. The molecule has 1 aromatic carbocycles. The van der Waals surface area contributed by atoms with E-state index in [4.69, 9.17) is 0 Å². The second-order valence-corrected chi connectivity index (χ2v) is 5.47. The van der Waals surface area contributed by atoms with Crippen molar-refractivity contribution in [2.24, 2.45) is 5.92 Å². The average Bonchev–Trinajstić information content (AvgIpc) is 2.30. The molecule has 19 heavy (non-hydrogen) atoms. The lowest BCUT2D eigenvalue weighted by atomic mass is 10.00. The molecule has 0 spiro atoms. The number of carboxylic acids is 1. The van der Waals surface area contributed by atoms with E-state index in [1.54, 1.807) is 6.07 Å². The van der Waals surface area contributed by atoms with Crippen LogP contribution >= 0.6 is 0 Å². The molecule has 0 fully saturated rings. The summed E-state index contributed by atoms with van der Waals surface area (Å²) in [7, 11) is 0. The molecule has 0 heterocycles. The first-order valence-electron chi connectivity index (χ1n) is 6.59. The fourth-order valence-corrected chi connectivity index (χ4v) is 2.12. The van der Waals surface area contributed by atoms with Crippen LogP contribution in [0.25, 0.3) is 0 Å². The molecule has 0 amide bonds. The Morgan fingerprint density at radius 1 is 1.32 bits per heavy atom. The van der Waals surface area contributed by atoms with Crippen LogP contribution in [-0.4, -0.2) is 22.2 Å². The van der Waals surface area contributed by atoms with Gasteiger partial charge in [-0.3, -0.25) is 10.1 Å². The quantitative estimate of drug-likeness (QED) is 0.739. The van der Waals surface area contributed by atoms with Crippen LogP contribution in [0.1, 0.15) is 44.4 Å². The zero-order chi connectivity index (χ0) is 14.6. The van der Waals surface area contributed by atoms with Crippen molar-refractivity contribution in [3.8, 4) is 5.75 Å². The molecule has 0 aliphatic carbocycles. The van der Waals surface area contributed by atoms with E-state index in [9.17, 15) is 15.0 Å². The van der Waals surface area contributed by atoms with Gasteiger partial charge in [-0.15, -0.1) is 0 Å². The third-order valence-corrected chi connectivity index (χ3v) is 3.11. The third kappa shape index (κ3) is 4.56. The Labute approximate surface area is 114 Å². The second-order valence-electron chi connectivity index (χ2n) is 5.47. The molecule has 1 rings (SSSR count). The summed E-state index contributed by atoms with van der Waals surface area (Å²) < 4.78 is 0. The largest absolute Gasteiger partial charge is 0.508 e. The molecule has 0 aromatic heterocycles. The van der Waals surface area contributed by atoms with Crippen LogP contribution in [0.15, 0.2) is 18.2 Å². The molecule has 0 saturated heterocycles. The summed E-state index contributed by atoms with van der Waals surface area (Å²) >= 11 is 0. The molecular formula is C15H23NO3. The minimum absolute atomic E-state index is 0.194. The topological polar surface area (TPSA) is 69.6 Å². The predicted octanol–water partition coefficient (Wildman–Crippen LogP) is 2.85. The van der Waals surface area contributed by atoms with Gasteiger partial charge in [-0.2, -0.15) is 0 Å². The summed E-state index contributed by atoms with van der Waals surface area (Å²) in [6.45, 7) is 7.79. The maximum absolute atomic E-state index is 11.2. The number of phenolic OH excluding ortho intramolecular Hbond substituents is 1. The van der Waals surface area contributed by atoms with Gasteiger partial charge in [0, 0.05) is 11.6 Å². The van der Waals surface area contributed by atoms with Crippen molar-refractivity contribution in [2.75, 3.05) is 0 Å². The Bertz CT molecular complexity index is 443. The van der Waals surface area contributed by atoms with Gasteiger partial charge in [0.2, 0.25) is 0 Å². The first-order valence-corrected chi connectivity index (χ1v) is 6.59. The number of aliphatic carboxylic acids is 1. The number of aryl methyl sites for hydroxylation is 1. The van der Waals surface area contributed by atoms with Crippen molar-refractivity contribution < 1.29 is 15.0 Å². The normalized spacial score (nSPS) is 14.4. The highest BCUT2D eigenvalue weighted by Crippen LogP contribution is 2.25. The number of carbonyl (C=O) groups is 1. The van der Waals surface area contributed by atoms with Crippen LogP contribution in [0.2, 0.25) is 0 Å².